The fraction of sp³-hybridized carbons (Fsp3) is 0.375. The first kappa shape index (κ1) is 19.9. The molecule has 0 atom stereocenters. The largest absolute Gasteiger partial charge is 0.494 e. The summed E-state index contributed by atoms with van der Waals surface area (Å²) in [6.45, 7) is 5.00. The lowest BCUT2D eigenvalue weighted by Crippen LogP contribution is -2.50. The molecule has 5 rings (SSSR count). The van der Waals surface area contributed by atoms with Gasteiger partial charge < -0.3 is 19.5 Å². The highest BCUT2D eigenvalue weighted by atomic mass is 19.1. The molecule has 1 N–H and O–H groups in total. The Morgan fingerprint density at radius 3 is 2.71 bits per heavy atom. The van der Waals surface area contributed by atoms with Crippen LogP contribution in [0.2, 0.25) is 0 Å². The van der Waals surface area contributed by atoms with Gasteiger partial charge in [0, 0.05) is 73.9 Å². The molecule has 0 unspecified atom stereocenters. The van der Waals surface area contributed by atoms with E-state index < -0.39 is 0 Å². The Bertz CT molecular complexity index is 1100. The van der Waals surface area contributed by atoms with Crippen LogP contribution in [0.15, 0.2) is 42.5 Å². The third kappa shape index (κ3) is 3.85. The quantitative estimate of drug-likeness (QED) is 0.702. The van der Waals surface area contributed by atoms with Gasteiger partial charge in [0.15, 0.2) is 0 Å². The number of hydrogen-bond acceptors (Lipinski definition) is 4. The van der Waals surface area contributed by atoms with Crippen molar-refractivity contribution in [2.45, 2.75) is 13.0 Å². The van der Waals surface area contributed by atoms with E-state index in [4.69, 9.17) is 4.74 Å². The van der Waals surface area contributed by atoms with Gasteiger partial charge in [-0.2, -0.15) is 0 Å². The smallest absolute Gasteiger partial charge is 0.237 e. The number of ether oxygens (including phenoxy) is 1. The number of piperazine rings is 1. The van der Waals surface area contributed by atoms with E-state index in [9.17, 15) is 9.18 Å². The normalized spacial score (nSPS) is 17.1. The van der Waals surface area contributed by atoms with Crippen LogP contribution in [-0.2, 0) is 17.8 Å². The number of nitrogens with zero attached hydrogens (tertiary/aromatic N) is 3. The van der Waals surface area contributed by atoms with Gasteiger partial charge in [-0.1, -0.05) is 18.2 Å². The van der Waals surface area contributed by atoms with E-state index in [1.807, 2.05) is 17.0 Å². The predicted octanol–water partition coefficient (Wildman–Crippen LogP) is 3.02. The Hall–Kier alpha value is -3.06. The molecule has 0 saturated carbocycles. The standard InChI is InChI=1S/C24H27FN4O2/c1-31-23-14-17(25)6-7-22(23)28-12-10-27(11-13-28)16-24(30)29-9-8-21-19(15-29)18-4-2-3-5-20(18)26-21/h2-7,14,26H,8-13,15-16H2,1H3. The second-order valence-corrected chi connectivity index (χ2v) is 8.27. The van der Waals surface area contributed by atoms with Crippen molar-refractivity contribution in [2.75, 3.05) is 51.3 Å². The Kier molecular flexibility index (Phi) is 5.28. The third-order valence-electron chi connectivity index (χ3n) is 6.45. The maximum atomic E-state index is 13.5. The number of benzene rings is 2. The van der Waals surface area contributed by atoms with E-state index >= 15 is 0 Å². The topological polar surface area (TPSA) is 51.8 Å². The SMILES string of the molecule is COc1cc(F)ccc1N1CCN(CC(=O)N2CCc3[nH]c4ccccc4c3C2)CC1. The minimum absolute atomic E-state index is 0.184. The molecule has 1 fully saturated rings. The van der Waals surface area contributed by atoms with Crippen molar-refractivity contribution in [3.05, 3.63) is 59.5 Å². The van der Waals surface area contributed by atoms with Crippen molar-refractivity contribution in [3.63, 3.8) is 0 Å². The van der Waals surface area contributed by atoms with Crippen LogP contribution < -0.4 is 9.64 Å². The molecule has 2 aromatic carbocycles. The van der Waals surface area contributed by atoms with Gasteiger partial charge in [-0.3, -0.25) is 9.69 Å². The molecule has 0 spiro atoms. The number of carbonyl (C=O) groups excluding carboxylic acids is 1. The highest BCUT2D eigenvalue weighted by Crippen LogP contribution is 2.30. The van der Waals surface area contributed by atoms with Gasteiger partial charge >= 0.3 is 0 Å². The lowest BCUT2D eigenvalue weighted by molar-refractivity contribution is -0.133. The first-order valence-corrected chi connectivity index (χ1v) is 10.8. The zero-order chi connectivity index (χ0) is 21.4. The zero-order valence-electron chi connectivity index (χ0n) is 17.7. The summed E-state index contributed by atoms with van der Waals surface area (Å²) in [7, 11) is 1.56. The fourth-order valence-corrected chi connectivity index (χ4v) is 4.73. The maximum absolute atomic E-state index is 13.5. The number of H-pyrrole nitrogens is 1. The molecular weight excluding hydrogens is 395 g/mol. The molecule has 3 heterocycles. The first-order valence-electron chi connectivity index (χ1n) is 10.8. The summed E-state index contributed by atoms with van der Waals surface area (Å²) in [6, 6.07) is 12.9. The second-order valence-electron chi connectivity index (χ2n) is 8.27. The van der Waals surface area contributed by atoms with Crippen LogP contribution >= 0.6 is 0 Å². The first-order chi connectivity index (χ1) is 15.1. The second kappa shape index (κ2) is 8.23. The lowest BCUT2D eigenvalue weighted by atomic mass is 10.0. The van der Waals surface area contributed by atoms with Gasteiger partial charge in [-0.25, -0.2) is 4.39 Å². The number of methoxy groups -OCH3 is 1. The number of carbonyl (C=O) groups is 1. The summed E-state index contributed by atoms with van der Waals surface area (Å²) in [5.74, 6) is 0.431. The highest BCUT2D eigenvalue weighted by molar-refractivity contribution is 5.86. The lowest BCUT2D eigenvalue weighted by Gasteiger charge is -2.37. The van der Waals surface area contributed by atoms with Crippen LogP contribution in [0.3, 0.4) is 0 Å². The molecule has 0 radical (unpaired) electrons. The highest BCUT2D eigenvalue weighted by Gasteiger charge is 2.27. The number of aromatic amines is 1. The van der Waals surface area contributed by atoms with E-state index in [-0.39, 0.29) is 11.7 Å². The summed E-state index contributed by atoms with van der Waals surface area (Å²) in [5, 5.41) is 1.22. The van der Waals surface area contributed by atoms with Gasteiger partial charge in [-0.05, 0) is 18.2 Å². The van der Waals surface area contributed by atoms with Gasteiger partial charge in [0.1, 0.15) is 11.6 Å². The minimum Gasteiger partial charge on any atom is -0.494 e. The fourth-order valence-electron chi connectivity index (χ4n) is 4.73. The van der Waals surface area contributed by atoms with E-state index in [0.29, 0.717) is 18.8 Å². The zero-order valence-corrected chi connectivity index (χ0v) is 17.7. The summed E-state index contributed by atoms with van der Waals surface area (Å²) < 4.78 is 18.8. The molecule has 1 amide bonds. The van der Waals surface area contributed by atoms with Crippen LogP contribution in [0.5, 0.6) is 5.75 Å². The molecule has 3 aromatic rings. The Balaban J connectivity index is 1.20. The van der Waals surface area contributed by atoms with Crippen LogP contribution in [0.25, 0.3) is 10.9 Å². The molecule has 6 nitrogen and oxygen atoms in total. The monoisotopic (exact) mass is 422 g/mol. The number of amides is 1. The minimum atomic E-state index is -0.301. The number of para-hydroxylation sites is 1. The van der Waals surface area contributed by atoms with Crippen molar-refractivity contribution in [1.29, 1.82) is 0 Å². The molecule has 0 bridgehead atoms. The van der Waals surface area contributed by atoms with Gasteiger partial charge in [0.2, 0.25) is 5.91 Å². The number of hydrogen-bond donors (Lipinski definition) is 1. The van der Waals surface area contributed by atoms with Crippen LogP contribution in [0.1, 0.15) is 11.3 Å². The predicted molar refractivity (Wildman–Crippen MR) is 119 cm³/mol. The molecule has 31 heavy (non-hydrogen) atoms. The Morgan fingerprint density at radius 1 is 1.10 bits per heavy atom. The summed E-state index contributed by atoms with van der Waals surface area (Å²) >= 11 is 0. The summed E-state index contributed by atoms with van der Waals surface area (Å²) in [5.41, 5.74) is 4.56. The Labute approximate surface area is 181 Å². The van der Waals surface area contributed by atoms with Crippen molar-refractivity contribution < 1.29 is 13.9 Å². The summed E-state index contributed by atoms with van der Waals surface area (Å²) in [6.07, 6.45) is 0.869. The number of fused-ring (bicyclic) bond motifs is 3. The molecular formula is C24H27FN4O2. The van der Waals surface area contributed by atoms with Gasteiger partial charge in [0.05, 0.1) is 19.3 Å². The van der Waals surface area contributed by atoms with Crippen LogP contribution in [0, 0.1) is 5.82 Å². The average Bonchev–Trinajstić information content (AvgIpc) is 3.17. The van der Waals surface area contributed by atoms with Crippen LogP contribution in [-0.4, -0.2) is 67.1 Å². The number of aromatic nitrogens is 1. The summed E-state index contributed by atoms with van der Waals surface area (Å²) in [4.78, 5) is 22.9. The van der Waals surface area contributed by atoms with Crippen molar-refractivity contribution in [1.82, 2.24) is 14.8 Å². The van der Waals surface area contributed by atoms with Crippen molar-refractivity contribution in [2.24, 2.45) is 0 Å². The van der Waals surface area contributed by atoms with E-state index in [2.05, 4.69) is 26.9 Å². The number of anilines is 1. The molecule has 1 saturated heterocycles. The van der Waals surface area contributed by atoms with E-state index in [1.165, 1.54) is 28.8 Å². The number of halogens is 1. The van der Waals surface area contributed by atoms with Gasteiger partial charge in [0.25, 0.3) is 0 Å². The maximum Gasteiger partial charge on any atom is 0.237 e. The van der Waals surface area contributed by atoms with E-state index in [1.54, 1.807) is 13.2 Å². The third-order valence-corrected chi connectivity index (χ3v) is 6.45. The molecule has 162 valence electrons. The molecule has 7 heteroatoms. The van der Waals surface area contributed by atoms with E-state index in [0.717, 1.165) is 50.3 Å². The van der Waals surface area contributed by atoms with Crippen molar-refractivity contribution in [3.8, 4) is 5.75 Å². The molecule has 2 aliphatic heterocycles. The number of rotatable bonds is 4. The number of nitrogens with one attached hydrogen (secondary N) is 1. The Morgan fingerprint density at radius 2 is 1.90 bits per heavy atom. The van der Waals surface area contributed by atoms with Gasteiger partial charge in [-0.15, -0.1) is 0 Å². The molecule has 0 aliphatic carbocycles. The van der Waals surface area contributed by atoms with Crippen LogP contribution in [0.4, 0.5) is 10.1 Å². The molecule has 2 aliphatic rings. The average molecular weight is 423 g/mol. The van der Waals surface area contributed by atoms with Crippen molar-refractivity contribution >= 4 is 22.5 Å². The molecule has 1 aromatic heterocycles.